The molecule has 2 aromatic carbocycles. The van der Waals surface area contributed by atoms with E-state index in [2.05, 4.69) is 51.9 Å². The summed E-state index contributed by atoms with van der Waals surface area (Å²) in [4.78, 5) is 83.2. The van der Waals surface area contributed by atoms with E-state index in [9.17, 15) is 33.9 Å². The Balaban J connectivity index is 0.600. The highest BCUT2D eigenvalue weighted by molar-refractivity contribution is 6.01. The Morgan fingerprint density at radius 1 is 0.841 bits per heavy atom. The Morgan fingerprint density at radius 2 is 1.60 bits per heavy atom. The summed E-state index contributed by atoms with van der Waals surface area (Å²) in [5.41, 5.74) is 5.36. The number of nitrogens with zero attached hydrogens (tertiary/aromatic N) is 8. The third kappa shape index (κ3) is 19.0. The van der Waals surface area contributed by atoms with Gasteiger partial charge in [-0.2, -0.15) is 10.2 Å². The second-order valence-corrected chi connectivity index (χ2v) is 24.0. The summed E-state index contributed by atoms with van der Waals surface area (Å²) in [5, 5.41) is 41.3. The lowest BCUT2D eigenvalue weighted by atomic mass is 9.88. The summed E-state index contributed by atoms with van der Waals surface area (Å²) in [5.74, 6) is -0.646. The Kier molecular flexibility index (Phi) is 22.1. The average molecular weight is 1210 g/mol. The third-order valence-electron chi connectivity index (χ3n) is 15.8. The van der Waals surface area contributed by atoms with Gasteiger partial charge in [-0.1, -0.05) is 44.2 Å². The maximum atomic E-state index is 13.9. The predicted molar refractivity (Wildman–Crippen MR) is 322 cm³/mol. The Morgan fingerprint density at radius 3 is 2.30 bits per heavy atom. The number of carbonyl (C=O) groups is 6. The molecule has 5 heterocycles. The minimum atomic E-state index is -1.10. The van der Waals surface area contributed by atoms with Gasteiger partial charge >= 0.3 is 5.97 Å². The number of likely N-dealkylation sites (tertiary alicyclic amines) is 1. The average Bonchev–Trinajstić information content (AvgIpc) is 3.30. The molecule has 2 saturated carbocycles. The second kappa shape index (κ2) is 30.4. The first-order valence-electron chi connectivity index (χ1n) is 30.3. The number of anilines is 1. The number of amides is 5. The zero-order valence-corrected chi connectivity index (χ0v) is 50.7. The number of carbonyl (C=O) groups excluding carboxylic acids is 5. The molecule has 25 heteroatoms. The molecule has 2 atom stereocenters. The minimum Gasteiger partial charge on any atom is -0.484 e. The molecule has 5 amide bonds. The highest BCUT2D eigenvalue weighted by Crippen LogP contribution is 2.51. The van der Waals surface area contributed by atoms with Crippen LogP contribution < -0.4 is 30.7 Å². The fourth-order valence-electron chi connectivity index (χ4n) is 10.7. The van der Waals surface area contributed by atoms with Crippen LogP contribution in [0.15, 0.2) is 85.3 Å². The monoisotopic (exact) mass is 1210 g/mol. The van der Waals surface area contributed by atoms with Gasteiger partial charge in [-0.05, 0) is 136 Å². The van der Waals surface area contributed by atoms with E-state index >= 15 is 0 Å². The minimum absolute atomic E-state index is 0.0518. The summed E-state index contributed by atoms with van der Waals surface area (Å²) >= 11 is 0. The van der Waals surface area contributed by atoms with Gasteiger partial charge in [0.25, 0.3) is 17.7 Å². The van der Waals surface area contributed by atoms with E-state index < -0.39 is 24.0 Å². The number of unbranched alkanes of at least 4 members (excludes halogenated alkanes) is 1. The fraction of sp³-hybridized carbons (Fsp3) is 0.508. The molecule has 0 unspecified atom stereocenters. The molecule has 1 saturated heterocycles. The van der Waals surface area contributed by atoms with E-state index in [-0.39, 0.29) is 78.9 Å². The van der Waals surface area contributed by atoms with Gasteiger partial charge < -0.3 is 55.0 Å². The van der Waals surface area contributed by atoms with Gasteiger partial charge in [0.2, 0.25) is 17.7 Å². The number of aryl methyl sites for hydroxylation is 3. The van der Waals surface area contributed by atoms with Crippen molar-refractivity contribution in [1.29, 1.82) is 0 Å². The molecule has 3 fully saturated rings. The van der Waals surface area contributed by atoms with Gasteiger partial charge in [0.1, 0.15) is 41.6 Å². The van der Waals surface area contributed by atoms with Crippen molar-refractivity contribution in [2.45, 2.75) is 130 Å². The number of aliphatic carboxylic acids is 1. The highest BCUT2D eigenvalue weighted by atomic mass is 16.5. The number of aromatic nitrogens is 8. The Labute approximate surface area is 511 Å². The van der Waals surface area contributed by atoms with Crippen molar-refractivity contribution in [3.8, 4) is 28.5 Å². The molecule has 0 radical (unpaired) electrons. The zero-order chi connectivity index (χ0) is 62.2. The predicted octanol–water partition coefficient (Wildman–Crippen LogP) is 6.80. The van der Waals surface area contributed by atoms with E-state index in [0.29, 0.717) is 106 Å². The number of benzene rings is 2. The molecule has 1 aliphatic heterocycles. The first-order valence-corrected chi connectivity index (χ1v) is 30.3. The van der Waals surface area contributed by atoms with Crippen molar-refractivity contribution in [1.82, 2.24) is 60.8 Å². The van der Waals surface area contributed by atoms with Gasteiger partial charge in [-0.25, -0.2) is 9.78 Å². The number of piperidine rings is 1. The molecule has 3 aliphatic rings. The number of nitrogens with one attached hydrogen (secondary N) is 5. The molecule has 9 rings (SSSR count). The molecule has 2 aliphatic carbocycles. The first-order chi connectivity index (χ1) is 42.4. The lowest BCUT2D eigenvalue weighted by Crippen LogP contribution is -2.50. The summed E-state index contributed by atoms with van der Waals surface area (Å²) in [6.07, 6.45) is 12.8. The van der Waals surface area contributed by atoms with Crippen LogP contribution in [0, 0.1) is 30.1 Å². The molecule has 88 heavy (non-hydrogen) atoms. The maximum Gasteiger partial charge on any atom is 0.326 e. The van der Waals surface area contributed by atoms with Crippen LogP contribution in [0.25, 0.3) is 11.1 Å². The number of H-pyrrole nitrogens is 1. The smallest absolute Gasteiger partial charge is 0.326 e. The largest absolute Gasteiger partial charge is 0.484 e. The number of carboxylic acids is 1. The molecule has 4 aromatic heterocycles. The van der Waals surface area contributed by atoms with Gasteiger partial charge in [0.15, 0.2) is 6.61 Å². The van der Waals surface area contributed by atoms with Gasteiger partial charge in [0, 0.05) is 81.3 Å². The molecule has 0 bridgehead atoms. The van der Waals surface area contributed by atoms with Crippen LogP contribution in [0.2, 0.25) is 0 Å². The maximum absolute atomic E-state index is 13.9. The Hall–Kier alpha value is -8.55. The number of carboxylic acid groups (broad SMARTS) is 1. The van der Waals surface area contributed by atoms with Crippen LogP contribution in [-0.4, -0.2) is 150 Å². The lowest BCUT2D eigenvalue weighted by molar-refractivity contribution is -0.140. The normalized spacial score (nSPS) is 15.1. The van der Waals surface area contributed by atoms with Crippen molar-refractivity contribution in [3.05, 3.63) is 114 Å². The van der Waals surface area contributed by atoms with Crippen LogP contribution in [-0.2, 0) is 60.2 Å². The number of pyridine rings is 1. The summed E-state index contributed by atoms with van der Waals surface area (Å²) in [6.45, 7) is 10.9. The van der Waals surface area contributed by atoms with E-state index in [0.717, 1.165) is 61.0 Å². The van der Waals surface area contributed by atoms with Crippen molar-refractivity contribution in [2.75, 3.05) is 51.4 Å². The number of rotatable bonds is 33. The standard InChI is InChI=1S/C63H81N13O12/c1-40-56(41-15-18-45(19-16-41)67-61(81)58(57(42-11-12-42)43-13-14-43)69-60(80)52-22-26-66-74(52)5)51(72-70-40)37-84-31-7-6-28-76-35-46(71-73-76)36-85-39-55(78)75-29-23-47(24-30-75)86-32-27-64-53(77)38-87-48-9-8-10-49(33-48)88-54-20-17-44(34-65-54)59(79)68-50(62(82)83)21-25-63(2,3)4/h8-10,15-20,22,26,33-35,42-43,47,50,57-58H,6-7,11-14,21,23-25,27-32,36-39H2,1-5H3,(H,64,77)(H,67,81)(H,68,79)(H,69,80)(H,70,72)(H,82,83)/t50-,58-/m0/s1. The van der Waals surface area contributed by atoms with E-state index in [1.54, 1.807) is 53.2 Å². The van der Waals surface area contributed by atoms with Crippen molar-refractivity contribution in [2.24, 2.45) is 30.2 Å². The number of hydrogen-bond acceptors (Lipinski definition) is 16. The Bertz CT molecular complexity index is 3290. The molecular weight excluding hydrogens is 1130 g/mol. The van der Waals surface area contributed by atoms with E-state index in [1.165, 1.54) is 23.0 Å². The highest BCUT2D eigenvalue weighted by Gasteiger charge is 2.48. The summed E-state index contributed by atoms with van der Waals surface area (Å²) in [6, 6.07) is 17.3. The van der Waals surface area contributed by atoms with Crippen molar-refractivity contribution >= 4 is 41.2 Å². The number of hydrogen-bond donors (Lipinski definition) is 6. The zero-order valence-electron chi connectivity index (χ0n) is 50.7. The molecule has 25 nitrogen and oxygen atoms in total. The van der Waals surface area contributed by atoms with Crippen LogP contribution in [0.3, 0.4) is 0 Å². The van der Waals surface area contributed by atoms with E-state index in [4.69, 9.17) is 23.7 Å². The number of ether oxygens (including phenoxy) is 5. The SMILES string of the molecule is Cc1[nH]nc(COCCCCn2cc(COCC(=O)N3CCC(OCCNC(=O)COc4cccc(Oc5ccc(C(=O)N[C@@H](CCC(C)(C)C)C(=O)O)cn5)c4)CC3)nn2)c1-c1ccc(NC(=O)[C@@H](NC(=O)c2ccnn2C)C(C2CC2)C2CC2)cc1. The second-order valence-electron chi connectivity index (χ2n) is 24.0. The van der Waals surface area contributed by atoms with Crippen LogP contribution in [0.1, 0.15) is 123 Å². The van der Waals surface area contributed by atoms with Gasteiger partial charge in [0.05, 0.1) is 43.4 Å². The molecule has 0 spiro atoms. The molecule has 6 aromatic rings. The van der Waals surface area contributed by atoms with Crippen LogP contribution in [0.4, 0.5) is 5.69 Å². The quantitative estimate of drug-likeness (QED) is 0.0231. The molecular formula is C63H81N13O12. The van der Waals surface area contributed by atoms with Gasteiger partial charge in [-0.15, -0.1) is 5.10 Å². The molecule has 6 N–H and O–H groups in total. The third-order valence-corrected chi connectivity index (χ3v) is 15.8. The fourth-order valence-corrected chi connectivity index (χ4v) is 10.7. The van der Waals surface area contributed by atoms with Crippen molar-refractivity contribution < 1.29 is 57.6 Å². The van der Waals surface area contributed by atoms with E-state index in [1.807, 2.05) is 58.2 Å². The number of aromatic amines is 1. The lowest BCUT2D eigenvalue weighted by Gasteiger charge is -2.32. The van der Waals surface area contributed by atoms with Crippen molar-refractivity contribution in [3.63, 3.8) is 0 Å². The summed E-state index contributed by atoms with van der Waals surface area (Å²) < 4.78 is 32.6. The van der Waals surface area contributed by atoms with Crippen LogP contribution in [0.5, 0.6) is 17.4 Å². The summed E-state index contributed by atoms with van der Waals surface area (Å²) in [7, 11) is 1.72. The first kappa shape index (κ1) is 63.9. The molecule has 470 valence electrons. The van der Waals surface area contributed by atoms with Crippen LogP contribution >= 0.6 is 0 Å². The van der Waals surface area contributed by atoms with Gasteiger partial charge in [-0.3, -0.25) is 38.4 Å². The topological polar surface area (TPSA) is 310 Å².